The SMILES string of the molecule is CC(C)(C)CC(O)CNCC1CCC(C)(C)O1. The van der Waals surface area contributed by atoms with E-state index in [0.717, 1.165) is 25.8 Å². The molecule has 0 aromatic rings. The lowest BCUT2D eigenvalue weighted by molar-refractivity contribution is -0.0153. The zero-order valence-electron chi connectivity index (χ0n) is 12.0. The first-order chi connectivity index (χ1) is 7.68. The van der Waals surface area contributed by atoms with Crippen molar-refractivity contribution in [3.05, 3.63) is 0 Å². The summed E-state index contributed by atoms with van der Waals surface area (Å²) in [7, 11) is 0. The molecule has 0 bridgehead atoms. The van der Waals surface area contributed by atoms with Crippen LogP contribution in [0.5, 0.6) is 0 Å². The fraction of sp³-hybridized carbons (Fsp3) is 1.00. The maximum atomic E-state index is 9.86. The minimum atomic E-state index is -0.260. The molecule has 0 aromatic heterocycles. The Labute approximate surface area is 106 Å². The number of hydrogen-bond acceptors (Lipinski definition) is 3. The number of hydrogen-bond donors (Lipinski definition) is 2. The Kier molecular flexibility index (Phi) is 4.99. The average Bonchev–Trinajstić information content (AvgIpc) is 2.42. The predicted octanol–water partition coefficient (Wildman–Crippen LogP) is 2.33. The van der Waals surface area contributed by atoms with Gasteiger partial charge in [0.25, 0.3) is 0 Å². The van der Waals surface area contributed by atoms with E-state index in [0.29, 0.717) is 12.6 Å². The molecule has 0 aliphatic carbocycles. The highest BCUT2D eigenvalue weighted by Crippen LogP contribution is 2.28. The van der Waals surface area contributed by atoms with Crippen molar-refractivity contribution < 1.29 is 9.84 Å². The molecule has 3 nitrogen and oxygen atoms in total. The molecule has 1 fully saturated rings. The molecule has 0 aromatic carbocycles. The van der Waals surface area contributed by atoms with Crippen LogP contribution in [0.1, 0.15) is 53.9 Å². The molecular formula is C14H29NO2. The molecule has 0 amide bonds. The summed E-state index contributed by atoms with van der Waals surface area (Å²) in [5.74, 6) is 0. The topological polar surface area (TPSA) is 41.5 Å². The first-order valence-electron chi connectivity index (χ1n) is 6.75. The largest absolute Gasteiger partial charge is 0.392 e. The van der Waals surface area contributed by atoms with Gasteiger partial charge in [-0.2, -0.15) is 0 Å². The Hall–Kier alpha value is -0.120. The molecule has 1 saturated heterocycles. The first-order valence-corrected chi connectivity index (χ1v) is 6.75. The van der Waals surface area contributed by atoms with Gasteiger partial charge in [0.05, 0.1) is 17.8 Å². The van der Waals surface area contributed by atoms with E-state index in [4.69, 9.17) is 4.74 Å². The van der Waals surface area contributed by atoms with Gasteiger partial charge in [0, 0.05) is 13.1 Å². The quantitative estimate of drug-likeness (QED) is 0.778. The maximum absolute atomic E-state index is 9.86. The van der Waals surface area contributed by atoms with Crippen molar-refractivity contribution in [2.45, 2.75) is 71.7 Å². The predicted molar refractivity (Wildman–Crippen MR) is 71.1 cm³/mol. The Morgan fingerprint density at radius 3 is 2.53 bits per heavy atom. The van der Waals surface area contributed by atoms with Crippen LogP contribution >= 0.6 is 0 Å². The van der Waals surface area contributed by atoms with Gasteiger partial charge in [-0.25, -0.2) is 0 Å². The molecule has 102 valence electrons. The number of rotatable bonds is 5. The minimum Gasteiger partial charge on any atom is -0.392 e. The minimum absolute atomic E-state index is 0.0381. The maximum Gasteiger partial charge on any atom is 0.0707 e. The van der Waals surface area contributed by atoms with E-state index in [1.165, 1.54) is 0 Å². The van der Waals surface area contributed by atoms with Gasteiger partial charge in [-0.3, -0.25) is 0 Å². The van der Waals surface area contributed by atoms with Gasteiger partial charge in [0.1, 0.15) is 0 Å². The van der Waals surface area contributed by atoms with Crippen molar-refractivity contribution in [3.8, 4) is 0 Å². The molecule has 3 heteroatoms. The summed E-state index contributed by atoms with van der Waals surface area (Å²) in [5.41, 5.74) is 0.226. The highest BCUT2D eigenvalue weighted by atomic mass is 16.5. The summed E-state index contributed by atoms with van der Waals surface area (Å²) in [6.45, 7) is 12.3. The summed E-state index contributed by atoms with van der Waals surface area (Å²) >= 11 is 0. The third kappa shape index (κ3) is 6.39. The summed E-state index contributed by atoms with van der Waals surface area (Å²) in [5, 5.41) is 13.2. The normalized spacial score (nSPS) is 26.1. The van der Waals surface area contributed by atoms with E-state index in [9.17, 15) is 5.11 Å². The van der Waals surface area contributed by atoms with Crippen LogP contribution < -0.4 is 5.32 Å². The van der Waals surface area contributed by atoms with Crippen molar-refractivity contribution in [2.75, 3.05) is 13.1 Å². The van der Waals surface area contributed by atoms with Crippen LogP contribution in [0, 0.1) is 5.41 Å². The Bertz CT molecular complexity index is 233. The summed E-state index contributed by atoms with van der Waals surface area (Å²) in [6, 6.07) is 0. The zero-order chi connectivity index (χ0) is 13.1. The van der Waals surface area contributed by atoms with Gasteiger partial charge in [-0.1, -0.05) is 20.8 Å². The van der Waals surface area contributed by atoms with E-state index in [-0.39, 0.29) is 17.1 Å². The fourth-order valence-electron chi connectivity index (χ4n) is 2.41. The summed E-state index contributed by atoms with van der Waals surface area (Å²) < 4.78 is 5.89. The number of aliphatic hydroxyl groups excluding tert-OH is 1. The van der Waals surface area contributed by atoms with Crippen LogP contribution in [0.25, 0.3) is 0 Å². The molecule has 2 unspecified atom stereocenters. The van der Waals surface area contributed by atoms with Crippen LogP contribution in [0.2, 0.25) is 0 Å². The molecule has 1 heterocycles. The van der Waals surface area contributed by atoms with Gasteiger partial charge in [0.15, 0.2) is 0 Å². The summed E-state index contributed by atoms with van der Waals surface area (Å²) in [4.78, 5) is 0. The molecule has 1 rings (SSSR count). The Morgan fingerprint density at radius 2 is 2.06 bits per heavy atom. The molecule has 0 spiro atoms. The third-order valence-corrected chi connectivity index (χ3v) is 3.15. The first kappa shape index (κ1) is 14.9. The highest BCUT2D eigenvalue weighted by molar-refractivity contribution is 4.82. The second-order valence-corrected chi connectivity index (χ2v) is 7.12. The second kappa shape index (κ2) is 5.68. The second-order valence-electron chi connectivity index (χ2n) is 7.12. The number of nitrogens with one attached hydrogen (secondary N) is 1. The van der Waals surface area contributed by atoms with Crippen molar-refractivity contribution >= 4 is 0 Å². The lowest BCUT2D eigenvalue weighted by atomic mass is 9.89. The zero-order valence-corrected chi connectivity index (χ0v) is 12.0. The summed E-state index contributed by atoms with van der Waals surface area (Å²) in [6.07, 6.45) is 3.13. The van der Waals surface area contributed by atoms with Crippen molar-refractivity contribution in [1.82, 2.24) is 5.32 Å². The third-order valence-electron chi connectivity index (χ3n) is 3.15. The molecule has 1 aliphatic rings. The van der Waals surface area contributed by atoms with E-state index >= 15 is 0 Å². The van der Waals surface area contributed by atoms with Crippen LogP contribution in [0.4, 0.5) is 0 Å². The van der Waals surface area contributed by atoms with Crippen LogP contribution in [-0.2, 0) is 4.74 Å². The van der Waals surface area contributed by atoms with Crippen LogP contribution in [0.15, 0.2) is 0 Å². The van der Waals surface area contributed by atoms with Crippen molar-refractivity contribution in [1.29, 1.82) is 0 Å². The van der Waals surface area contributed by atoms with Crippen molar-refractivity contribution in [3.63, 3.8) is 0 Å². The number of aliphatic hydroxyl groups is 1. The lowest BCUT2D eigenvalue weighted by Gasteiger charge is -2.23. The lowest BCUT2D eigenvalue weighted by Crippen LogP contribution is -2.35. The van der Waals surface area contributed by atoms with E-state index < -0.39 is 0 Å². The average molecular weight is 243 g/mol. The Balaban J connectivity index is 2.12. The van der Waals surface area contributed by atoms with E-state index in [1.807, 2.05) is 0 Å². The highest BCUT2D eigenvalue weighted by Gasteiger charge is 2.31. The molecule has 2 N–H and O–H groups in total. The molecule has 17 heavy (non-hydrogen) atoms. The monoisotopic (exact) mass is 243 g/mol. The molecule has 1 aliphatic heterocycles. The van der Waals surface area contributed by atoms with Gasteiger partial charge < -0.3 is 15.2 Å². The molecule has 0 radical (unpaired) electrons. The molecule has 0 saturated carbocycles. The van der Waals surface area contributed by atoms with Crippen LogP contribution in [0.3, 0.4) is 0 Å². The van der Waals surface area contributed by atoms with Gasteiger partial charge in [-0.15, -0.1) is 0 Å². The van der Waals surface area contributed by atoms with Crippen LogP contribution in [-0.4, -0.2) is 36.0 Å². The van der Waals surface area contributed by atoms with E-state index in [1.54, 1.807) is 0 Å². The van der Waals surface area contributed by atoms with Crippen molar-refractivity contribution in [2.24, 2.45) is 5.41 Å². The number of ether oxygens (including phenoxy) is 1. The Morgan fingerprint density at radius 1 is 1.41 bits per heavy atom. The smallest absolute Gasteiger partial charge is 0.0707 e. The molecular weight excluding hydrogens is 214 g/mol. The van der Waals surface area contributed by atoms with Gasteiger partial charge >= 0.3 is 0 Å². The van der Waals surface area contributed by atoms with Gasteiger partial charge in [-0.05, 0) is 38.5 Å². The van der Waals surface area contributed by atoms with Gasteiger partial charge in [0.2, 0.25) is 0 Å². The molecule has 2 atom stereocenters. The fourth-order valence-corrected chi connectivity index (χ4v) is 2.41. The van der Waals surface area contributed by atoms with E-state index in [2.05, 4.69) is 39.9 Å². The standard InChI is InChI=1S/C14H29NO2/c1-13(2,3)8-11(16)9-15-10-12-6-7-14(4,5)17-12/h11-12,15-16H,6-10H2,1-5H3.